The molecular weight excluding hydrogens is 258 g/mol. The highest BCUT2D eigenvalue weighted by Gasteiger charge is 2.06. The van der Waals surface area contributed by atoms with Crippen molar-refractivity contribution in [1.82, 2.24) is 4.98 Å². The minimum absolute atomic E-state index is 0.729. The van der Waals surface area contributed by atoms with E-state index in [9.17, 15) is 0 Å². The number of nitrogens with zero attached hydrogens (tertiary/aromatic N) is 2. The van der Waals surface area contributed by atoms with E-state index < -0.39 is 0 Å². The molecule has 0 spiro atoms. The molecule has 1 aromatic heterocycles. The number of fused-ring (bicyclic) bond motifs is 1. The first-order valence-electron chi connectivity index (χ1n) is 6.26. The van der Waals surface area contributed by atoms with Crippen molar-refractivity contribution in [3.63, 3.8) is 0 Å². The van der Waals surface area contributed by atoms with Gasteiger partial charge in [-0.3, -0.25) is 0 Å². The molecular formula is C15H14ClN3. The highest BCUT2D eigenvalue weighted by molar-refractivity contribution is 6.31. The van der Waals surface area contributed by atoms with Crippen molar-refractivity contribution < 1.29 is 0 Å². The van der Waals surface area contributed by atoms with Gasteiger partial charge in [-0.15, -0.1) is 0 Å². The van der Waals surface area contributed by atoms with Gasteiger partial charge in [-0.05, 0) is 43.7 Å². The number of aliphatic imine (C=N–C) groups is 1. The van der Waals surface area contributed by atoms with Crippen LogP contribution in [0.5, 0.6) is 0 Å². The van der Waals surface area contributed by atoms with E-state index in [1.807, 2.05) is 36.5 Å². The summed E-state index contributed by atoms with van der Waals surface area (Å²) in [5, 5.41) is 5.04. The van der Waals surface area contributed by atoms with Crippen LogP contribution in [0.25, 0.3) is 10.9 Å². The van der Waals surface area contributed by atoms with Crippen molar-refractivity contribution in [2.24, 2.45) is 4.99 Å². The van der Waals surface area contributed by atoms with Crippen LogP contribution >= 0.6 is 11.6 Å². The fourth-order valence-electron chi connectivity index (χ4n) is 2.04. The number of hydrogen-bond donors (Lipinski definition) is 1. The molecule has 4 heteroatoms. The van der Waals surface area contributed by atoms with Crippen molar-refractivity contribution in [1.29, 1.82) is 0 Å². The second-order valence-corrected chi connectivity index (χ2v) is 5.15. The number of amidine groups is 1. The smallest absolute Gasteiger partial charge is 0.131 e. The molecule has 1 aliphatic heterocycles. The molecule has 2 heterocycles. The second-order valence-electron chi connectivity index (χ2n) is 4.71. The zero-order valence-corrected chi connectivity index (χ0v) is 11.4. The Hall–Kier alpha value is -1.87. The molecule has 96 valence electrons. The van der Waals surface area contributed by atoms with Crippen molar-refractivity contribution >= 4 is 34.2 Å². The molecule has 0 amide bonds. The van der Waals surface area contributed by atoms with E-state index in [-0.39, 0.29) is 0 Å². The molecule has 2 aromatic rings. The van der Waals surface area contributed by atoms with E-state index in [0.29, 0.717) is 0 Å². The third-order valence-electron chi connectivity index (χ3n) is 3.12. The molecule has 0 bridgehead atoms. The lowest BCUT2D eigenvalue weighted by Crippen LogP contribution is -2.14. The molecule has 0 unspecified atom stereocenters. The zero-order valence-electron chi connectivity index (χ0n) is 10.7. The molecule has 0 atom stereocenters. The fraction of sp³-hybridized carbons (Fsp3) is 0.200. The number of allylic oxidation sites excluding steroid dienone is 1. The minimum Gasteiger partial charge on any atom is -0.328 e. The Morgan fingerprint density at radius 1 is 1.16 bits per heavy atom. The lowest BCUT2D eigenvalue weighted by molar-refractivity contribution is 0.972. The average molecular weight is 272 g/mol. The Morgan fingerprint density at radius 3 is 2.84 bits per heavy atom. The predicted octanol–water partition coefficient (Wildman–Crippen LogP) is 4.40. The van der Waals surface area contributed by atoms with E-state index >= 15 is 0 Å². The van der Waals surface area contributed by atoms with Gasteiger partial charge in [0.1, 0.15) is 11.7 Å². The van der Waals surface area contributed by atoms with Crippen LogP contribution in [0.15, 0.2) is 47.1 Å². The van der Waals surface area contributed by atoms with Gasteiger partial charge in [-0.2, -0.15) is 0 Å². The maximum atomic E-state index is 5.96. The molecule has 0 saturated carbocycles. The summed E-state index contributed by atoms with van der Waals surface area (Å²) in [4.78, 5) is 8.94. The molecule has 3 rings (SSSR count). The van der Waals surface area contributed by atoms with Gasteiger partial charge in [0.25, 0.3) is 0 Å². The zero-order chi connectivity index (χ0) is 13.2. The van der Waals surface area contributed by atoms with E-state index in [0.717, 1.165) is 40.4 Å². The van der Waals surface area contributed by atoms with Crippen molar-refractivity contribution in [3.8, 4) is 0 Å². The number of rotatable bonds is 1. The van der Waals surface area contributed by atoms with Crippen LogP contribution in [0.1, 0.15) is 19.8 Å². The van der Waals surface area contributed by atoms with E-state index in [2.05, 4.69) is 22.2 Å². The molecule has 19 heavy (non-hydrogen) atoms. The van der Waals surface area contributed by atoms with Crippen molar-refractivity contribution in [2.75, 3.05) is 5.32 Å². The monoisotopic (exact) mass is 271 g/mol. The van der Waals surface area contributed by atoms with Crippen LogP contribution in [0.2, 0.25) is 5.02 Å². The lowest BCUT2D eigenvalue weighted by Gasteiger charge is -2.12. The van der Waals surface area contributed by atoms with Crippen LogP contribution in [0.3, 0.4) is 0 Å². The SMILES string of the molecule is CC1=CN=C(Nc2ccc3cc(Cl)ccc3n2)CC1. The standard InChI is InChI=1S/C15H14ClN3/c1-10-2-6-14(17-9-10)19-15-7-3-11-8-12(16)4-5-13(11)18-15/h3-5,7-9H,2,6H2,1H3,(H,17,18,19). The highest BCUT2D eigenvalue weighted by Crippen LogP contribution is 2.20. The first-order valence-corrected chi connectivity index (χ1v) is 6.64. The van der Waals surface area contributed by atoms with Gasteiger partial charge in [-0.25, -0.2) is 9.98 Å². The highest BCUT2D eigenvalue weighted by atomic mass is 35.5. The Labute approximate surface area is 117 Å². The average Bonchev–Trinajstić information content (AvgIpc) is 2.42. The summed E-state index contributed by atoms with van der Waals surface area (Å²) in [6, 6.07) is 9.66. The lowest BCUT2D eigenvalue weighted by atomic mass is 10.1. The van der Waals surface area contributed by atoms with E-state index in [1.54, 1.807) is 0 Å². The molecule has 1 N–H and O–H groups in total. The summed E-state index contributed by atoms with van der Waals surface area (Å²) in [7, 11) is 0. The van der Waals surface area contributed by atoms with E-state index in [4.69, 9.17) is 11.6 Å². The number of nitrogens with one attached hydrogen (secondary N) is 1. The Balaban J connectivity index is 1.88. The first kappa shape index (κ1) is 12.2. The number of hydrogen-bond acceptors (Lipinski definition) is 3. The summed E-state index contributed by atoms with van der Waals surface area (Å²) >= 11 is 5.96. The first-order chi connectivity index (χ1) is 9.20. The number of aromatic nitrogens is 1. The topological polar surface area (TPSA) is 37.3 Å². The molecule has 0 fully saturated rings. The molecule has 3 nitrogen and oxygen atoms in total. The van der Waals surface area contributed by atoms with Crippen molar-refractivity contribution in [3.05, 3.63) is 47.1 Å². The predicted molar refractivity (Wildman–Crippen MR) is 80.8 cm³/mol. The normalized spacial score (nSPS) is 15.1. The molecule has 0 radical (unpaired) electrons. The summed E-state index contributed by atoms with van der Waals surface area (Å²) in [6.45, 7) is 2.10. The number of halogens is 1. The van der Waals surface area contributed by atoms with Gasteiger partial charge in [0.05, 0.1) is 5.52 Å². The Kier molecular flexibility index (Phi) is 3.22. The van der Waals surface area contributed by atoms with Crippen LogP contribution in [0.4, 0.5) is 5.82 Å². The number of anilines is 1. The fourth-order valence-corrected chi connectivity index (χ4v) is 2.22. The quantitative estimate of drug-likeness (QED) is 0.835. The van der Waals surface area contributed by atoms with Gasteiger partial charge < -0.3 is 5.32 Å². The third kappa shape index (κ3) is 2.76. The molecule has 0 saturated heterocycles. The van der Waals surface area contributed by atoms with Gasteiger partial charge in [0, 0.05) is 23.0 Å². The van der Waals surface area contributed by atoms with Crippen LogP contribution < -0.4 is 5.32 Å². The summed E-state index contributed by atoms with van der Waals surface area (Å²) in [5.74, 6) is 1.79. The summed E-state index contributed by atoms with van der Waals surface area (Å²) in [5.41, 5.74) is 2.24. The van der Waals surface area contributed by atoms with Crippen LogP contribution in [-0.2, 0) is 0 Å². The number of pyridine rings is 1. The minimum atomic E-state index is 0.729. The molecule has 1 aromatic carbocycles. The molecule has 0 aliphatic carbocycles. The Bertz CT molecular complexity index is 689. The van der Waals surface area contributed by atoms with Gasteiger partial charge in [0.2, 0.25) is 0 Å². The van der Waals surface area contributed by atoms with Crippen molar-refractivity contribution in [2.45, 2.75) is 19.8 Å². The van der Waals surface area contributed by atoms with E-state index in [1.165, 1.54) is 5.57 Å². The summed E-state index contributed by atoms with van der Waals surface area (Å²) in [6.07, 6.45) is 3.89. The largest absolute Gasteiger partial charge is 0.328 e. The van der Waals surface area contributed by atoms with Crippen LogP contribution in [0, 0.1) is 0 Å². The second kappa shape index (κ2) is 5.02. The summed E-state index contributed by atoms with van der Waals surface area (Å²) < 4.78 is 0. The van der Waals surface area contributed by atoms with Gasteiger partial charge >= 0.3 is 0 Å². The molecule has 1 aliphatic rings. The van der Waals surface area contributed by atoms with Crippen LogP contribution in [-0.4, -0.2) is 10.8 Å². The Morgan fingerprint density at radius 2 is 2.05 bits per heavy atom. The van der Waals surface area contributed by atoms with Gasteiger partial charge in [-0.1, -0.05) is 17.2 Å². The number of benzene rings is 1. The maximum Gasteiger partial charge on any atom is 0.131 e. The van der Waals surface area contributed by atoms with Gasteiger partial charge in [0.15, 0.2) is 0 Å². The third-order valence-corrected chi connectivity index (χ3v) is 3.36. The maximum absolute atomic E-state index is 5.96.